The number of rotatable bonds is 8. The van der Waals surface area contributed by atoms with Crippen LogP contribution in [0.4, 0.5) is 0 Å². The van der Waals surface area contributed by atoms with Crippen LogP contribution >= 0.6 is 12.4 Å². The molecule has 0 saturated carbocycles. The molecule has 0 atom stereocenters. The van der Waals surface area contributed by atoms with E-state index in [-0.39, 0.29) is 18.5 Å². The van der Waals surface area contributed by atoms with Crippen LogP contribution in [0.3, 0.4) is 0 Å². The summed E-state index contributed by atoms with van der Waals surface area (Å²) in [6, 6.07) is 20.8. The summed E-state index contributed by atoms with van der Waals surface area (Å²) in [6.07, 6.45) is 1.17. The highest BCUT2D eigenvalue weighted by atomic mass is 35.5. The number of hydrogen-bond donors (Lipinski definition) is 1. The monoisotopic (exact) mass is 305 g/mol. The third-order valence-corrected chi connectivity index (χ3v) is 3.19. The Kier molecular flexibility index (Phi) is 8.76. The Morgan fingerprint density at radius 1 is 0.857 bits per heavy atom. The molecule has 2 aromatic carbocycles. The predicted molar refractivity (Wildman–Crippen MR) is 91.1 cm³/mol. The molecule has 0 unspecified atom stereocenters. The van der Waals surface area contributed by atoms with Crippen LogP contribution in [-0.4, -0.2) is 19.7 Å². The predicted octanol–water partition coefficient (Wildman–Crippen LogP) is 4.21. The molecule has 0 fully saturated rings. The lowest BCUT2D eigenvalue weighted by atomic mass is 10.0. The molecule has 0 bridgehead atoms. The van der Waals surface area contributed by atoms with E-state index in [2.05, 4.69) is 60.8 Å². The van der Waals surface area contributed by atoms with Crippen LogP contribution in [0, 0.1) is 0 Å². The van der Waals surface area contributed by atoms with Gasteiger partial charge >= 0.3 is 0 Å². The van der Waals surface area contributed by atoms with Crippen molar-refractivity contribution in [2.45, 2.75) is 19.4 Å². The standard InChI is InChI=1S/C18H23NO.ClH/c1-2-13-19-14-15-20-18(16-9-5-3-6-10-16)17-11-7-4-8-12-17;/h3-12,18-19H,2,13-15H2,1H3;1H. The van der Waals surface area contributed by atoms with Crippen molar-refractivity contribution in [1.29, 1.82) is 0 Å². The first-order valence-electron chi connectivity index (χ1n) is 7.34. The van der Waals surface area contributed by atoms with Crippen LogP contribution in [0.25, 0.3) is 0 Å². The summed E-state index contributed by atoms with van der Waals surface area (Å²) in [7, 11) is 0. The minimum absolute atomic E-state index is 0. The second-order valence-electron chi connectivity index (χ2n) is 4.82. The van der Waals surface area contributed by atoms with Gasteiger partial charge in [-0.15, -0.1) is 12.4 Å². The summed E-state index contributed by atoms with van der Waals surface area (Å²) in [6.45, 7) is 4.83. The van der Waals surface area contributed by atoms with Crippen LogP contribution in [0.15, 0.2) is 60.7 Å². The quantitative estimate of drug-likeness (QED) is 0.738. The lowest BCUT2D eigenvalue weighted by molar-refractivity contribution is 0.0822. The Hall–Kier alpha value is -1.35. The molecule has 2 nitrogen and oxygen atoms in total. The van der Waals surface area contributed by atoms with Crippen molar-refractivity contribution in [1.82, 2.24) is 5.32 Å². The van der Waals surface area contributed by atoms with Gasteiger partial charge in [-0.25, -0.2) is 0 Å². The van der Waals surface area contributed by atoms with Crippen LogP contribution in [0.5, 0.6) is 0 Å². The maximum Gasteiger partial charge on any atom is 0.108 e. The first kappa shape index (κ1) is 17.7. The molecular weight excluding hydrogens is 282 g/mol. The van der Waals surface area contributed by atoms with Crippen molar-refractivity contribution < 1.29 is 4.74 Å². The molecule has 114 valence electrons. The maximum absolute atomic E-state index is 6.10. The molecule has 0 saturated heterocycles. The highest BCUT2D eigenvalue weighted by molar-refractivity contribution is 5.85. The van der Waals surface area contributed by atoms with Crippen molar-refractivity contribution in [3.05, 3.63) is 71.8 Å². The summed E-state index contributed by atoms with van der Waals surface area (Å²) in [5.74, 6) is 0. The van der Waals surface area contributed by atoms with E-state index in [1.54, 1.807) is 0 Å². The smallest absolute Gasteiger partial charge is 0.108 e. The van der Waals surface area contributed by atoms with Gasteiger partial charge in [-0.3, -0.25) is 0 Å². The van der Waals surface area contributed by atoms with Gasteiger partial charge in [0.25, 0.3) is 0 Å². The van der Waals surface area contributed by atoms with Gasteiger partial charge in [-0.1, -0.05) is 67.6 Å². The van der Waals surface area contributed by atoms with E-state index in [4.69, 9.17) is 4.74 Å². The van der Waals surface area contributed by atoms with Crippen molar-refractivity contribution in [3.8, 4) is 0 Å². The minimum atomic E-state index is 0. The van der Waals surface area contributed by atoms with E-state index in [9.17, 15) is 0 Å². The fourth-order valence-electron chi connectivity index (χ4n) is 2.19. The Morgan fingerprint density at radius 2 is 1.38 bits per heavy atom. The molecule has 0 heterocycles. The second kappa shape index (κ2) is 10.4. The van der Waals surface area contributed by atoms with Crippen molar-refractivity contribution in [3.63, 3.8) is 0 Å². The highest BCUT2D eigenvalue weighted by Gasteiger charge is 2.13. The Bertz CT molecular complexity index is 436. The van der Waals surface area contributed by atoms with Crippen LogP contribution in [-0.2, 0) is 4.74 Å². The molecule has 0 aliphatic heterocycles. The number of halogens is 1. The number of nitrogens with one attached hydrogen (secondary N) is 1. The maximum atomic E-state index is 6.10. The van der Waals surface area contributed by atoms with E-state index >= 15 is 0 Å². The average Bonchev–Trinajstić information content (AvgIpc) is 2.53. The van der Waals surface area contributed by atoms with Gasteiger partial charge in [-0.05, 0) is 24.1 Å². The Balaban J connectivity index is 0.00000220. The SMILES string of the molecule is CCCNCCOC(c1ccccc1)c1ccccc1.Cl. The van der Waals surface area contributed by atoms with Crippen molar-refractivity contribution >= 4 is 12.4 Å². The van der Waals surface area contributed by atoms with E-state index in [0.717, 1.165) is 19.5 Å². The molecule has 0 radical (unpaired) electrons. The summed E-state index contributed by atoms with van der Waals surface area (Å²) in [4.78, 5) is 0. The van der Waals surface area contributed by atoms with Gasteiger partial charge in [0.1, 0.15) is 6.10 Å². The van der Waals surface area contributed by atoms with Gasteiger partial charge in [-0.2, -0.15) is 0 Å². The molecule has 0 aliphatic rings. The molecule has 2 rings (SSSR count). The van der Waals surface area contributed by atoms with Gasteiger partial charge < -0.3 is 10.1 Å². The second-order valence-corrected chi connectivity index (χ2v) is 4.82. The van der Waals surface area contributed by atoms with E-state index in [0.29, 0.717) is 6.61 Å². The number of ether oxygens (including phenoxy) is 1. The molecular formula is C18H24ClNO. The number of hydrogen-bond acceptors (Lipinski definition) is 2. The van der Waals surface area contributed by atoms with Crippen LogP contribution < -0.4 is 5.32 Å². The summed E-state index contributed by atoms with van der Waals surface area (Å²) in [5, 5.41) is 3.37. The molecule has 3 heteroatoms. The molecule has 21 heavy (non-hydrogen) atoms. The van der Waals surface area contributed by atoms with Gasteiger partial charge in [0.15, 0.2) is 0 Å². The highest BCUT2D eigenvalue weighted by Crippen LogP contribution is 2.25. The third-order valence-electron chi connectivity index (χ3n) is 3.19. The normalized spacial score (nSPS) is 10.4. The molecule has 2 aromatic rings. The van der Waals surface area contributed by atoms with Crippen molar-refractivity contribution in [2.75, 3.05) is 19.7 Å². The fraction of sp³-hybridized carbons (Fsp3) is 0.333. The molecule has 0 aliphatic carbocycles. The van der Waals surface area contributed by atoms with Gasteiger partial charge in [0.2, 0.25) is 0 Å². The fourth-order valence-corrected chi connectivity index (χ4v) is 2.19. The van der Waals surface area contributed by atoms with Crippen molar-refractivity contribution in [2.24, 2.45) is 0 Å². The molecule has 0 amide bonds. The number of benzene rings is 2. The lowest BCUT2D eigenvalue weighted by Crippen LogP contribution is -2.21. The third kappa shape index (κ3) is 5.88. The largest absolute Gasteiger partial charge is 0.367 e. The zero-order valence-corrected chi connectivity index (χ0v) is 13.3. The Labute approximate surface area is 133 Å². The summed E-state index contributed by atoms with van der Waals surface area (Å²) < 4.78 is 6.10. The zero-order valence-electron chi connectivity index (χ0n) is 12.5. The van der Waals surface area contributed by atoms with Crippen LogP contribution in [0.1, 0.15) is 30.6 Å². The van der Waals surface area contributed by atoms with E-state index in [1.807, 2.05) is 12.1 Å². The molecule has 0 spiro atoms. The van der Waals surface area contributed by atoms with Crippen LogP contribution in [0.2, 0.25) is 0 Å². The van der Waals surface area contributed by atoms with Gasteiger partial charge in [0.05, 0.1) is 6.61 Å². The van der Waals surface area contributed by atoms with E-state index < -0.39 is 0 Å². The topological polar surface area (TPSA) is 21.3 Å². The average molecular weight is 306 g/mol. The Morgan fingerprint density at radius 3 is 1.86 bits per heavy atom. The molecule has 0 aromatic heterocycles. The lowest BCUT2D eigenvalue weighted by Gasteiger charge is -2.19. The minimum Gasteiger partial charge on any atom is -0.367 e. The first-order chi connectivity index (χ1) is 9.92. The zero-order chi connectivity index (χ0) is 14.0. The first-order valence-corrected chi connectivity index (χ1v) is 7.34. The summed E-state index contributed by atoms with van der Waals surface area (Å²) in [5.41, 5.74) is 2.41. The van der Waals surface area contributed by atoms with E-state index in [1.165, 1.54) is 11.1 Å². The molecule has 1 N–H and O–H groups in total. The summed E-state index contributed by atoms with van der Waals surface area (Å²) >= 11 is 0. The van der Waals surface area contributed by atoms with Gasteiger partial charge in [0, 0.05) is 6.54 Å².